The summed E-state index contributed by atoms with van der Waals surface area (Å²) in [5, 5.41) is 11.8. The Morgan fingerprint density at radius 2 is 1.18 bits per heavy atom. The molecule has 2 heterocycles. The number of likely N-dealkylation sites (tertiary alicyclic amines) is 1. The predicted octanol–water partition coefficient (Wildman–Crippen LogP) is 5.69. The zero-order valence-corrected chi connectivity index (χ0v) is 35.2. The van der Waals surface area contributed by atoms with Crippen molar-refractivity contribution in [2.24, 2.45) is 11.8 Å². The maximum atomic E-state index is 14.2. The van der Waals surface area contributed by atoms with Crippen molar-refractivity contribution in [1.82, 2.24) is 26.2 Å². The Bertz CT molecular complexity index is 1560. The number of benzene rings is 2. The minimum atomic E-state index is -1.02. The number of aryl methyl sites for hydroxylation is 1. The van der Waals surface area contributed by atoms with E-state index < -0.39 is 47.5 Å². The average Bonchev–Trinajstić information content (AvgIpc) is 3.95. The number of hydrogen-bond acceptors (Lipinski definition) is 7. The summed E-state index contributed by atoms with van der Waals surface area (Å²) in [6.07, 6.45) is 9.98. The van der Waals surface area contributed by atoms with Crippen LogP contribution in [-0.4, -0.2) is 90.3 Å². The van der Waals surface area contributed by atoms with Gasteiger partial charge in [0.15, 0.2) is 5.78 Å². The molecule has 2 aliphatic rings. The first-order chi connectivity index (χ1) is 27.3. The number of amides is 4. The highest BCUT2D eigenvalue weighted by Crippen LogP contribution is 2.29. The van der Waals surface area contributed by atoms with E-state index in [1.165, 1.54) is 32.4 Å². The van der Waals surface area contributed by atoms with Gasteiger partial charge in [0.1, 0.15) is 23.7 Å². The van der Waals surface area contributed by atoms with Crippen LogP contribution in [0.25, 0.3) is 0 Å². The first-order valence-corrected chi connectivity index (χ1v) is 21.5. The molecule has 314 valence electrons. The van der Waals surface area contributed by atoms with E-state index in [2.05, 4.69) is 26.2 Å². The molecule has 0 unspecified atom stereocenters. The number of carbonyl (C=O) groups is 5. The minimum absolute atomic E-state index is 0.0297. The van der Waals surface area contributed by atoms with Crippen LogP contribution >= 0.6 is 0 Å². The Morgan fingerprint density at radius 3 is 1.79 bits per heavy atom. The first kappa shape index (κ1) is 45.6. The van der Waals surface area contributed by atoms with Crippen molar-refractivity contribution in [3.05, 3.63) is 71.8 Å². The number of carbonyl (C=O) groups excluding carboxylic acids is 5. The van der Waals surface area contributed by atoms with Gasteiger partial charge in [-0.3, -0.25) is 24.0 Å². The lowest BCUT2D eigenvalue weighted by Crippen LogP contribution is -2.59. The summed E-state index contributed by atoms with van der Waals surface area (Å²) in [6.45, 7) is 13.4. The number of nitrogens with zero attached hydrogens (tertiary/aromatic N) is 1. The fourth-order valence-corrected chi connectivity index (χ4v) is 7.55. The average molecular weight is 788 g/mol. The van der Waals surface area contributed by atoms with Crippen molar-refractivity contribution in [2.75, 3.05) is 26.2 Å². The summed E-state index contributed by atoms with van der Waals surface area (Å²) < 4.78 is 5.43. The van der Waals surface area contributed by atoms with E-state index in [-0.39, 0.29) is 29.9 Å². The van der Waals surface area contributed by atoms with Crippen LogP contribution < -0.4 is 21.3 Å². The number of ether oxygens (including phenoxy) is 1. The summed E-state index contributed by atoms with van der Waals surface area (Å²) in [5.41, 5.74) is 0.954. The Balaban J connectivity index is 1.43. The van der Waals surface area contributed by atoms with Gasteiger partial charge in [-0.15, -0.1) is 0 Å². The number of piperidine rings is 1. The van der Waals surface area contributed by atoms with E-state index in [9.17, 15) is 24.0 Å². The number of ketones is 1. The highest BCUT2D eigenvalue weighted by Gasteiger charge is 2.50. The molecule has 2 fully saturated rings. The molecule has 11 nitrogen and oxygen atoms in total. The third-order valence-corrected chi connectivity index (χ3v) is 11.0. The molecule has 0 saturated carbocycles. The third-order valence-electron chi connectivity index (χ3n) is 11.0. The van der Waals surface area contributed by atoms with Crippen molar-refractivity contribution in [3.63, 3.8) is 0 Å². The Labute approximate surface area is 341 Å². The summed E-state index contributed by atoms with van der Waals surface area (Å²) in [7, 11) is 0. The highest BCUT2D eigenvalue weighted by atomic mass is 16.6. The van der Waals surface area contributed by atoms with Crippen LogP contribution in [0.2, 0.25) is 0 Å². The van der Waals surface area contributed by atoms with Crippen molar-refractivity contribution in [1.29, 1.82) is 0 Å². The number of hydrogen-bond donors (Lipinski definition) is 4. The summed E-state index contributed by atoms with van der Waals surface area (Å²) in [5.74, 6) is -1.64. The maximum Gasteiger partial charge on any atom is 0.243 e. The molecule has 0 spiro atoms. The smallest absolute Gasteiger partial charge is 0.243 e. The molecule has 2 aromatic rings. The molecule has 4 rings (SSSR count). The van der Waals surface area contributed by atoms with E-state index in [0.29, 0.717) is 38.7 Å². The van der Waals surface area contributed by atoms with Gasteiger partial charge in [0.2, 0.25) is 23.6 Å². The maximum absolute atomic E-state index is 14.2. The predicted molar refractivity (Wildman–Crippen MR) is 224 cm³/mol. The molecule has 2 saturated heterocycles. The molecule has 2 aliphatic heterocycles. The van der Waals surface area contributed by atoms with Crippen molar-refractivity contribution in [2.45, 2.75) is 148 Å². The summed E-state index contributed by atoms with van der Waals surface area (Å²) in [4.78, 5) is 71.4. The lowest BCUT2D eigenvalue weighted by molar-refractivity contribution is -0.135. The number of epoxide rings is 1. The van der Waals surface area contributed by atoms with E-state index in [1.54, 1.807) is 6.92 Å². The van der Waals surface area contributed by atoms with Crippen molar-refractivity contribution < 1.29 is 28.7 Å². The topological polar surface area (TPSA) is 149 Å². The van der Waals surface area contributed by atoms with Crippen LogP contribution in [-0.2, 0) is 41.6 Å². The zero-order valence-electron chi connectivity index (χ0n) is 35.2. The van der Waals surface area contributed by atoms with Crippen LogP contribution in [0.3, 0.4) is 0 Å². The Kier molecular flexibility index (Phi) is 18.7. The number of rotatable bonds is 25. The van der Waals surface area contributed by atoms with Gasteiger partial charge in [-0.2, -0.15) is 0 Å². The van der Waals surface area contributed by atoms with Crippen LogP contribution in [0.5, 0.6) is 0 Å². The van der Waals surface area contributed by atoms with Gasteiger partial charge in [-0.1, -0.05) is 108 Å². The van der Waals surface area contributed by atoms with Crippen LogP contribution in [0, 0.1) is 11.8 Å². The quantitative estimate of drug-likeness (QED) is 0.0747. The molecule has 11 heteroatoms. The van der Waals surface area contributed by atoms with Gasteiger partial charge < -0.3 is 30.9 Å². The SMILES string of the molecule is CC(C)C[C@H](NC(=O)[C@H](CCc1ccccc1)NC(=O)CCCCCCN1CCCCC1)C(=O)N[C@@H](Cc1ccccc1)C(=O)N[C@@H](CC(C)C)C(=O)[C@@]1(C)CO1. The molecule has 0 radical (unpaired) electrons. The Hall–Kier alpha value is -4.09. The van der Waals surface area contributed by atoms with Crippen LogP contribution in [0.15, 0.2) is 60.7 Å². The van der Waals surface area contributed by atoms with Gasteiger partial charge in [0.05, 0.1) is 12.6 Å². The van der Waals surface area contributed by atoms with E-state index in [1.807, 2.05) is 88.4 Å². The minimum Gasteiger partial charge on any atom is -0.361 e. The van der Waals surface area contributed by atoms with Gasteiger partial charge in [-0.25, -0.2) is 0 Å². The summed E-state index contributed by atoms with van der Waals surface area (Å²) in [6, 6.07) is 15.6. The third kappa shape index (κ3) is 16.4. The molecule has 0 aromatic heterocycles. The van der Waals surface area contributed by atoms with Gasteiger partial charge in [0, 0.05) is 12.8 Å². The molecular formula is C46H69N5O6. The number of unbranched alkanes of at least 4 members (excludes halogenated alkanes) is 3. The molecular weight excluding hydrogens is 719 g/mol. The van der Waals surface area contributed by atoms with Gasteiger partial charge in [0.25, 0.3) is 0 Å². The summed E-state index contributed by atoms with van der Waals surface area (Å²) >= 11 is 0. The second-order valence-electron chi connectivity index (χ2n) is 17.2. The lowest BCUT2D eigenvalue weighted by atomic mass is 9.93. The molecule has 4 N–H and O–H groups in total. The van der Waals surface area contributed by atoms with Crippen molar-refractivity contribution in [3.8, 4) is 0 Å². The Morgan fingerprint density at radius 1 is 0.649 bits per heavy atom. The first-order valence-electron chi connectivity index (χ1n) is 21.5. The zero-order chi connectivity index (χ0) is 41.2. The highest BCUT2D eigenvalue weighted by molar-refractivity contribution is 5.98. The molecule has 4 amide bonds. The van der Waals surface area contributed by atoms with E-state index in [4.69, 9.17) is 4.74 Å². The van der Waals surface area contributed by atoms with Crippen LogP contribution in [0.4, 0.5) is 0 Å². The molecule has 0 bridgehead atoms. The number of nitrogens with one attached hydrogen (secondary N) is 4. The normalized spacial score (nSPS) is 18.9. The van der Waals surface area contributed by atoms with Crippen LogP contribution in [0.1, 0.15) is 116 Å². The largest absolute Gasteiger partial charge is 0.361 e. The van der Waals surface area contributed by atoms with E-state index >= 15 is 0 Å². The fraction of sp³-hybridized carbons (Fsp3) is 0.630. The lowest BCUT2D eigenvalue weighted by Gasteiger charge is -2.28. The van der Waals surface area contributed by atoms with E-state index in [0.717, 1.165) is 43.4 Å². The monoisotopic (exact) mass is 788 g/mol. The second-order valence-corrected chi connectivity index (χ2v) is 17.2. The molecule has 0 aliphatic carbocycles. The molecule has 57 heavy (non-hydrogen) atoms. The van der Waals surface area contributed by atoms with Gasteiger partial charge >= 0.3 is 0 Å². The standard InChI is InChI=1S/C46H69N5O6/c1-33(2)29-38(42(53)46(5)32-57-46)48-45(56)40(31-36-21-13-9-14-22-36)50-44(55)39(30-34(3)4)49-43(54)37(25-24-35-19-11-8-12-20-35)47-41(52)23-15-6-7-16-26-51-27-17-10-18-28-51/h8-9,11-14,19-22,33-34,37-40H,6-7,10,15-18,23-32H2,1-5H3,(H,47,52)(H,48,56)(H,49,54)(H,50,55)/t37-,38-,39-,40-,46+/m0/s1. The number of Topliss-reactive ketones (excluding diaryl/α,β-unsaturated/α-hetero) is 1. The second kappa shape index (κ2) is 23.3. The fourth-order valence-electron chi connectivity index (χ4n) is 7.55. The van der Waals surface area contributed by atoms with Gasteiger partial charge in [-0.05, 0) is 101 Å². The molecule has 5 atom stereocenters. The van der Waals surface area contributed by atoms with Crippen molar-refractivity contribution >= 4 is 29.4 Å². The molecule has 2 aromatic carbocycles.